The fraction of sp³-hybridized carbons (Fsp3) is 0.214. The molecule has 198 valence electrons. The second-order valence-corrected chi connectivity index (χ2v) is 10.3. The minimum absolute atomic E-state index is 0.226. The number of likely N-dealkylation sites (N-methyl/N-ethyl adjacent to an activating group) is 1. The summed E-state index contributed by atoms with van der Waals surface area (Å²) in [6.07, 6.45) is 1.78. The van der Waals surface area contributed by atoms with Crippen LogP contribution in [0.1, 0.15) is 25.0 Å². The van der Waals surface area contributed by atoms with E-state index in [0.717, 1.165) is 16.9 Å². The van der Waals surface area contributed by atoms with Crippen LogP contribution in [0, 0.1) is 0 Å². The molecule has 1 heterocycles. The first-order valence-corrected chi connectivity index (χ1v) is 13.8. The summed E-state index contributed by atoms with van der Waals surface area (Å²) in [4.78, 5) is 16.6. The molecule has 0 spiro atoms. The van der Waals surface area contributed by atoms with E-state index in [2.05, 4.69) is 15.9 Å². The Morgan fingerprint density at radius 3 is 2.32 bits per heavy atom. The van der Waals surface area contributed by atoms with E-state index in [0.29, 0.717) is 55.7 Å². The predicted octanol–water partition coefficient (Wildman–Crippen LogP) is 7.74. The second-order valence-electron chi connectivity index (χ2n) is 8.24. The minimum atomic E-state index is -0.226. The average molecular weight is 636 g/mol. The molecule has 10 heteroatoms. The highest BCUT2D eigenvalue weighted by atomic mass is 79.9. The summed E-state index contributed by atoms with van der Waals surface area (Å²) >= 11 is 21.4. The topological polar surface area (TPSA) is 51.2 Å². The van der Waals surface area contributed by atoms with E-state index in [1.165, 1.54) is 4.90 Å². The predicted molar refractivity (Wildman–Crippen MR) is 160 cm³/mol. The molecule has 0 aliphatic carbocycles. The van der Waals surface area contributed by atoms with Gasteiger partial charge in [-0.2, -0.15) is 0 Å². The van der Waals surface area contributed by atoms with Crippen LogP contribution in [0.25, 0.3) is 6.08 Å². The highest BCUT2D eigenvalue weighted by molar-refractivity contribution is 9.10. The summed E-state index contributed by atoms with van der Waals surface area (Å²) in [5, 5.41) is 1.33. The number of benzene rings is 3. The standard InChI is InChI=1S/C28H25BrCl2N2O4S/c1-4-35-20-9-7-19(8-10-20)33-27(34)24(32(3)28(33)38)14-18-12-21(29)26(25(15-18)36-5-2)37-16-17-6-11-22(30)23(31)13-17/h6-15H,4-5,16H2,1-3H3/b24-14-. The molecule has 0 bridgehead atoms. The molecule has 1 saturated heterocycles. The van der Waals surface area contributed by atoms with Crippen LogP contribution < -0.4 is 19.1 Å². The third-order valence-electron chi connectivity index (χ3n) is 5.67. The fourth-order valence-corrected chi connectivity index (χ4v) is 5.04. The maximum atomic E-state index is 13.4. The third kappa shape index (κ3) is 6.10. The zero-order chi connectivity index (χ0) is 27.4. The average Bonchev–Trinajstić information content (AvgIpc) is 3.09. The van der Waals surface area contributed by atoms with Crippen molar-refractivity contribution in [2.75, 3.05) is 25.2 Å². The van der Waals surface area contributed by atoms with Crippen molar-refractivity contribution >= 4 is 74.1 Å². The maximum absolute atomic E-state index is 13.4. The Bertz CT molecular complexity index is 1400. The highest BCUT2D eigenvalue weighted by Gasteiger charge is 2.36. The Hall–Kier alpha value is -2.78. The summed E-state index contributed by atoms with van der Waals surface area (Å²) in [5.41, 5.74) is 2.71. The van der Waals surface area contributed by atoms with Crippen LogP contribution in [0.2, 0.25) is 10.0 Å². The Kier molecular flexibility index (Phi) is 9.20. The molecule has 0 saturated carbocycles. The molecule has 0 unspecified atom stereocenters. The van der Waals surface area contributed by atoms with Crippen molar-refractivity contribution in [3.05, 3.63) is 85.9 Å². The Balaban J connectivity index is 1.61. The number of thiocarbonyl (C=S) groups is 1. The largest absolute Gasteiger partial charge is 0.494 e. The number of anilines is 1. The molecule has 0 radical (unpaired) electrons. The lowest BCUT2D eigenvalue weighted by Gasteiger charge is -2.17. The van der Waals surface area contributed by atoms with Crippen molar-refractivity contribution < 1.29 is 19.0 Å². The van der Waals surface area contributed by atoms with E-state index in [1.807, 2.05) is 56.3 Å². The van der Waals surface area contributed by atoms with E-state index in [4.69, 9.17) is 49.6 Å². The van der Waals surface area contributed by atoms with Crippen LogP contribution in [0.4, 0.5) is 5.69 Å². The number of nitrogens with zero attached hydrogens (tertiary/aromatic N) is 2. The number of carbonyl (C=O) groups excluding carboxylic acids is 1. The van der Waals surface area contributed by atoms with Crippen LogP contribution in [0.3, 0.4) is 0 Å². The van der Waals surface area contributed by atoms with E-state index in [9.17, 15) is 4.79 Å². The molecular weight excluding hydrogens is 611 g/mol. The number of amides is 1. The normalized spacial score (nSPS) is 14.4. The van der Waals surface area contributed by atoms with Crippen LogP contribution >= 0.6 is 51.3 Å². The van der Waals surface area contributed by atoms with Gasteiger partial charge in [0, 0.05) is 7.05 Å². The van der Waals surface area contributed by atoms with Crippen molar-refractivity contribution in [1.29, 1.82) is 0 Å². The van der Waals surface area contributed by atoms with Crippen LogP contribution in [0.5, 0.6) is 17.2 Å². The molecule has 1 aliphatic heterocycles. The molecule has 1 fully saturated rings. The van der Waals surface area contributed by atoms with Crippen LogP contribution in [-0.4, -0.2) is 36.2 Å². The fourth-order valence-electron chi connectivity index (χ4n) is 3.86. The molecule has 4 rings (SSSR count). The molecule has 0 aromatic heterocycles. The molecule has 38 heavy (non-hydrogen) atoms. The van der Waals surface area contributed by atoms with Gasteiger partial charge in [0.25, 0.3) is 5.91 Å². The summed E-state index contributed by atoms with van der Waals surface area (Å²) in [6.45, 7) is 5.08. The van der Waals surface area contributed by atoms with Crippen LogP contribution in [0.15, 0.2) is 64.8 Å². The molecule has 3 aromatic carbocycles. The monoisotopic (exact) mass is 634 g/mol. The maximum Gasteiger partial charge on any atom is 0.281 e. The molecular formula is C28H25BrCl2N2O4S. The van der Waals surface area contributed by atoms with Crippen molar-refractivity contribution in [3.8, 4) is 17.2 Å². The van der Waals surface area contributed by atoms with Gasteiger partial charge < -0.3 is 19.1 Å². The Morgan fingerprint density at radius 1 is 0.947 bits per heavy atom. The third-order valence-corrected chi connectivity index (χ3v) is 7.45. The van der Waals surface area contributed by atoms with Crippen molar-refractivity contribution in [2.45, 2.75) is 20.5 Å². The van der Waals surface area contributed by atoms with Gasteiger partial charge in [-0.3, -0.25) is 9.69 Å². The lowest BCUT2D eigenvalue weighted by Crippen LogP contribution is -2.31. The van der Waals surface area contributed by atoms with Gasteiger partial charge in [-0.1, -0.05) is 29.3 Å². The number of carbonyl (C=O) groups is 1. The molecule has 6 nitrogen and oxygen atoms in total. The van der Waals surface area contributed by atoms with Crippen LogP contribution in [-0.2, 0) is 11.4 Å². The molecule has 0 N–H and O–H groups in total. The lowest BCUT2D eigenvalue weighted by atomic mass is 10.1. The number of halogens is 3. The summed E-state index contributed by atoms with van der Waals surface area (Å²) < 4.78 is 18.1. The van der Waals surface area contributed by atoms with Crippen molar-refractivity contribution in [2.24, 2.45) is 0 Å². The molecule has 1 amide bonds. The summed E-state index contributed by atoms with van der Waals surface area (Å²) in [6, 6.07) is 16.3. The number of hydrogen-bond donors (Lipinski definition) is 0. The zero-order valence-electron chi connectivity index (χ0n) is 21.0. The Labute approximate surface area is 245 Å². The van der Waals surface area contributed by atoms with Gasteiger partial charge in [0.15, 0.2) is 16.6 Å². The van der Waals surface area contributed by atoms with E-state index in [1.54, 1.807) is 30.2 Å². The molecule has 1 aliphatic rings. The summed E-state index contributed by atoms with van der Waals surface area (Å²) in [5.74, 6) is 1.58. The van der Waals surface area contributed by atoms with E-state index < -0.39 is 0 Å². The van der Waals surface area contributed by atoms with E-state index in [-0.39, 0.29) is 12.5 Å². The first-order valence-electron chi connectivity index (χ1n) is 11.8. The smallest absolute Gasteiger partial charge is 0.281 e. The van der Waals surface area contributed by atoms with Gasteiger partial charge in [0.2, 0.25) is 0 Å². The number of hydrogen-bond acceptors (Lipinski definition) is 5. The number of rotatable bonds is 9. The van der Waals surface area contributed by atoms with Gasteiger partial charge in [0.05, 0.1) is 33.4 Å². The van der Waals surface area contributed by atoms with Gasteiger partial charge in [-0.05, 0) is 108 Å². The quantitative estimate of drug-likeness (QED) is 0.177. The highest BCUT2D eigenvalue weighted by Crippen LogP contribution is 2.39. The summed E-state index contributed by atoms with van der Waals surface area (Å²) in [7, 11) is 1.77. The van der Waals surface area contributed by atoms with Crippen molar-refractivity contribution in [1.82, 2.24) is 4.90 Å². The van der Waals surface area contributed by atoms with Gasteiger partial charge in [0.1, 0.15) is 18.1 Å². The minimum Gasteiger partial charge on any atom is -0.494 e. The SMILES string of the molecule is CCOc1ccc(N2C(=O)/C(=C/c3cc(Br)c(OCc4ccc(Cl)c(Cl)c4)c(OCC)c3)N(C)C2=S)cc1. The van der Waals surface area contributed by atoms with Crippen molar-refractivity contribution in [3.63, 3.8) is 0 Å². The zero-order valence-corrected chi connectivity index (χ0v) is 24.9. The first kappa shape index (κ1) is 28.2. The van der Waals surface area contributed by atoms with Gasteiger partial charge in [-0.15, -0.1) is 0 Å². The molecule has 3 aromatic rings. The first-order chi connectivity index (χ1) is 18.2. The lowest BCUT2D eigenvalue weighted by molar-refractivity contribution is -0.114. The molecule has 0 atom stereocenters. The van der Waals surface area contributed by atoms with Gasteiger partial charge in [-0.25, -0.2) is 0 Å². The number of ether oxygens (including phenoxy) is 3. The second kappa shape index (κ2) is 12.4. The van der Waals surface area contributed by atoms with E-state index >= 15 is 0 Å². The van der Waals surface area contributed by atoms with Gasteiger partial charge >= 0.3 is 0 Å². The Morgan fingerprint density at radius 2 is 1.66 bits per heavy atom.